The Hall–Kier alpha value is -1.91. The molecule has 2 aromatic rings. The van der Waals surface area contributed by atoms with Crippen molar-refractivity contribution in [3.63, 3.8) is 0 Å². The number of anilines is 1. The lowest BCUT2D eigenvalue weighted by molar-refractivity contribution is 0.587. The molecular formula is C8H8N4O. The molecule has 0 unspecified atom stereocenters. The number of nitrogen functional groups attached to an aromatic ring is 1. The average molecular weight is 176 g/mol. The van der Waals surface area contributed by atoms with Crippen LogP contribution in [-0.4, -0.2) is 15.2 Å². The maximum absolute atomic E-state index is 5.29. The van der Waals surface area contributed by atoms with E-state index < -0.39 is 0 Å². The summed E-state index contributed by atoms with van der Waals surface area (Å²) in [6.07, 6.45) is 1.69. The third-order valence-corrected chi connectivity index (χ3v) is 1.58. The van der Waals surface area contributed by atoms with Gasteiger partial charge in [0.15, 0.2) is 0 Å². The van der Waals surface area contributed by atoms with Crippen LogP contribution in [0.4, 0.5) is 6.01 Å². The number of pyridine rings is 1. The Morgan fingerprint density at radius 2 is 2.23 bits per heavy atom. The quantitative estimate of drug-likeness (QED) is 0.701. The first-order chi connectivity index (χ1) is 6.25. The van der Waals surface area contributed by atoms with Crippen molar-refractivity contribution in [1.29, 1.82) is 0 Å². The first-order valence-corrected chi connectivity index (χ1v) is 3.78. The zero-order valence-corrected chi connectivity index (χ0v) is 7.06. The van der Waals surface area contributed by atoms with Crippen LogP contribution in [0.3, 0.4) is 0 Å². The monoisotopic (exact) mass is 176 g/mol. The third-order valence-electron chi connectivity index (χ3n) is 1.58. The van der Waals surface area contributed by atoms with Crippen LogP contribution in [0.5, 0.6) is 0 Å². The number of nitrogens with zero attached hydrogens (tertiary/aromatic N) is 3. The summed E-state index contributed by atoms with van der Waals surface area (Å²) in [7, 11) is 0. The highest BCUT2D eigenvalue weighted by Gasteiger charge is 2.06. The molecule has 0 radical (unpaired) electrons. The van der Waals surface area contributed by atoms with Gasteiger partial charge in [0.2, 0.25) is 0 Å². The summed E-state index contributed by atoms with van der Waals surface area (Å²) in [5.41, 5.74) is 7.01. The van der Waals surface area contributed by atoms with Gasteiger partial charge in [0, 0.05) is 6.20 Å². The largest absolute Gasteiger partial charge is 0.402 e. The van der Waals surface area contributed by atoms with E-state index in [9.17, 15) is 0 Å². The van der Waals surface area contributed by atoms with Crippen molar-refractivity contribution in [1.82, 2.24) is 15.2 Å². The molecule has 0 saturated heterocycles. The van der Waals surface area contributed by atoms with Crippen molar-refractivity contribution < 1.29 is 4.42 Å². The maximum atomic E-state index is 5.29. The molecule has 0 spiro atoms. The summed E-state index contributed by atoms with van der Waals surface area (Å²) in [5, 5.41) is 7.27. The number of hydrogen-bond donors (Lipinski definition) is 1. The standard InChI is InChI=1S/C8H8N4O/c1-5-2-3-10-6(4-5)7-11-12-8(9)13-7/h2-4H,1H3,(H2,9,12). The highest BCUT2D eigenvalue weighted by Crippen LogP contribution is 2.16. The van der Waals surface area contributed by atoms with E-state index in [0.717, 1.165) is 5.56 Å². The van der Waals surface area contributed by atoms with E-state index >= 15 is 0 Å². The van der Waals surface area contributed by atoms with Crippen LogP contribution >= 0.6 is 0 Å². The molecule has 0 fully saturated rings. The molecular weight excluding hydrogens is 168 g/mol. The van der Waals surface area contributed by atoms with Gasteiger partial charge in [-0.3, -0.25) is 4.98 Å². The summed E-state index contributed by atoms with van der Waals surface area (Å²) in [5.74, 6) is 0.348. The maximum Gasteiger partial charge on any atom is 0.313 e. The minimum Gasteiger partial charge on any atom is -0.402 e. The molecule has 0 atom stereocenters. The van der Waals surface area contributed by atoms with E-state index in [-0.39, 0.29) is 6.01 Å². The molecule has 0 aliphatic rings. The van der Waals surface area contributed by atoms with E-state index in [0.29, 0.717) is 11.6 Å². The van der Waals surface area contributed by atoms with Gasteiger partial charge in [-0.05, 0) is 24.6 Å². The van der Waals surface area contributed by atoms with Gasteiger partial charge < -0.3 is 10.2 Å². The fourth-order valence-corrected chi connectivity index (χ4v) is 0.991. The minimum atomic E-state index is 0.0540. The Bertz CT molecular complexity index is 424. The van der Waals surface area contributed by atoms with Gasteiger partial charge in [0.05, 0.1) is 0 Å². The normalized spacial score (nSPS) is 10.2. The van der Waals surface area contributed by atoms with Crippen molar-refractivity contribution in [2.24, 2.45) is 0 Å². The first kappa shape index (κ1) is 7.72. The second-order valence-electron chi connectivity index (χ2n) is 2.66. The van der Waals surface area contributed by atoms with E-state index in [2.05, 4.69) is 15.2 Å². The topological polar surface area (TPSA) is 77.8 Å². The van der Waals surface area contributed by atoms with Crippen molar-refractivity contribution in [3.05, 3.63) is 23.9 Å². The molecule has 0 aliphatic carbocycles. The van der Waals surface area contributed by atoms with E-state index in [1.54, 1.807) is 6.20 Å². The van der Waals surface area contributed by atoms with Gasteiger partial charge in [-0.15, -0.1) is 5.10 Å². The van der Waals surface area contributed by atoms with Crippen LogP contribution in [0.2, 0.25) is 0 Å². The lowest BCUT2D eigenvalue weighted by atomic mass is 10.2. The molecule has 0 bridgehead atoms. The molecule has 5 nitrogen and oxygen atoms in total. The summed E-state index contributed by atoms with van der Waals surface area (Å²) in [6.45, 7) is 1.96. The van der Waals surface area contributed by atoms with E-state index in [1.807, 2.05) is 19.1 Å². The average Bonchev–Trinajstić information content (AvgIpc) is 2.52. The van der Waals surface area contributed by atoms with Gasteiger partial charge in [-0.1, -0.05) is 5.10 Å². The van der Waals surface area contributed by atoms with Gasteiger partial charge in [-0.25, -0.2) is 0 Å². The van der Waals surface area contributed by atoms with Crippen LogP contribution in [0.1, 0.15) is 5.56 Å². The van der Waals surface area contributed by atoms with Crippen molar-refractivity contribution in [2.75, 3.05) is 5.73 Å². The zero-order valence-electron chi connectivity index (χ0n) is 7.06. The Labute approximate surface area is 74.6 Å². The molecule has 2 rings (SSSR count). The van der Waals surface area contributed by atoms with Crippen LogP contribution in [0.25, 0.3) is 11.6 Å². The number of rotatable bonds is 1. The van der Waals surface area contributed by atoms with Crippen LogP contribution in [0, 0.1) is 6.92 Å². The van der Waals surface area contributed by atoms with Crippen LogP contribution < -0.4 is 5.73 Å². The highest BCUT2D eigenvalue weighted by atomic mass is 16.4. The molecule has 0 aliphatic heterocycles. The summed E-state index contributed by atoms with van der Waals surface area (Å²) < 4.78 is 5.02. The Kier molecular flexibility index (Phi) is 1.70. The van der Waals surface area contributed by atoms with Gasteiger partial charge in [0.25, 0.3) is 5.89 Å². The lowest BCUT2D eigenvalue weighted by Gasteiger charge is -1.93. The second-order valence-corrected chi connectivity index (χ2v) is 2.66. The molecule has 2 N–H and O–H groups in total. The molecule has 66 valence electrons. The zero-order chi connectivity index (χ0) is 9.26. The number of nitrogens with two attached hydrogens (primary N) is 1. The van der Waals surface area contributed by atoms with Crippen LogP contribution in [-0.2, 0) is 0 Å². The predicted octanol–water partition coefficient (Wildman–Crippen LogP) is 1.02. The number of hydrogen-bond acceptors (Lipinski definition) is 5. The lowest BCUT2D eigenvalue weighted by Crippen LogP contribution is -1.83. The molecule has 0 amide bonds. The van der Waals surface area contributed by atoms with Crippen molar-refractivity contribution in [3.8, 4) is 11.6 Å². The molecule has 0 aromatic carbocycles. The summed E-state index contributed by atoms with van der Waals surface area (Å²) >= 11 is 0. The number of aryl methyl sites for hydroxylation is 1. The Balaban J connectivity index is 2.46. The predicted molar refractivity (Wildman–Crippen MR) is 46.7 cm³/mol. The second kappa shape index (κ2) is 2.85. The summed E-state index contributed by atoms with van der Waals surface area (Å²) in [6, 6.07) is 3.80. The third kappa shape index (κ3) is 1.48. The smallest absolute Gasteiger partial charge is 0.313 e. The van der Waals surface area contributed by atoms with Gasteiger partial charge >= 0.3 is 6.01 Å². The minimum absolute atomic E-state index is 0.0540. The molecule has 2 aromatic heterocycles. The van der Waals surface area contributed by atoms with Crippen molar-refractivity contribution in [2.45, 2.75) is 6.92 Å². The Morgan fingerprint density at radius 1 is 1.38 bits per heavy atom. The van der Waals surface area contributed by atoms with Gasteiger partial charge in [-0.2, -0.15) is 0 Å². The van der Waals surface area contributed by atoms with E-state index in [1.165, 1.54) is 0 Å². The highest BCUT2D eigenvalue weighted by molar-refractivity contribution is 5.47. The molecule has 5 heteroatoms. The van der Waals surface area contributed by atoms with E-state index in [4.69, 9.17) is 10.2 Å². The number of aromatic nitrogens is 3. The molecule has 0 saturated carbocycles. The van der Waals surface area contributed by atoms with Gasteiger partial charge in [0.1, 0.15) is 5.69 Å². The fraction of sp³-hybridized carbons (Fsp3) is 0.125. The molecule has 2 heterocycles. The molecule has 13 heavy (non-hydrogen) atoms. The Morgan fingerprint density at radius 3 is 2.85 bits per heavy atom. The fourth-order valence-electron chi connectivity index (χ4n) is 0.991. The SMILES string of the molecule is Cc1ccnc(-c2nnc(N)o2)c1. The van der Waals surface area contributed by atoms with Crippen molar-refractivity contribution >= 4 is 6.01 Å². The van der Waals surface area contributed by atoms with Crippen LogP contribution in [0.15, 0.2) is 22.7 Å². The summed E-state index contributed by atoms with van der Waals surface area (Å²) in [4.78, 5) is 4.07. The first-order valence-electron chi connectivity index (χ1n) is 3.78.